The van der Waals surface area contributed by atoms with Gasteiger partial charge in [0.1, 0.15) is 34.8 Å². The van der Waals surface area contributed by atoms with E-state index in [-0.39, 0.29) is 39.3 Å². The van der Waals surface area contributed by atoms with E-state index in [2.05, 4.69) is 0 Å². The van der Waals surface area contributed by atoms with Crippen LogP contribution in [0.3, 0.4) is 0 Å². The maximum absolute atomic E-state index is 14.9. The van der Waals surface area contributed by atoms with Gasteiger partial charge in [-0.2, -0.15) is 8.78 Å². The molecule has 0 bridgehead atoms. The van der Waals surface area contributed by atoms with Gasteiger partial charge >= 0.3 is 0 Å². The van der Waals surface area contributed by atoms with Crippen molar-refractivity contribution in [3.8, 4) is 28.0 Å². The van der Waals surface area contributed by atoms with Gasteiger partial charge in [-0.25, -0.2) is 22.0 Å². The van der Waals surface area contributed by atoms with E-state index >= 15 is 0 Å². The van der Waals surface area contributed by atoms with Gasteiger partial charge in [-0.3, -0.25) is 0 Å². The van der Waals surface area contributed by atoms with Crippen molar-refractivity contribution < 1.29 is 35.5 Å². The predicted molar refractivity (Wildman–Crippen MR) is 111 cm³/mol. The molecule has 8 heteroatoms. The van der Waals surface area contributed by atoms with Crippen molar-refractivity contribution in [2.75, 3.05) is 7.11 Å². The van der Waals surface area contributed by atoms with Crippen LogP contribution in [-0.2, 0) is 0 Å². The summed E-state index contributed by atoms with van der Waals surface area (Å²) in [6.45, 7) is 0. The Balaban J connectivity index is 1.82. The first-order valence-corrected chi connectivity index (χ1v) is 9.47. The fraction of sp³-hybridized carbons (Fsp3) is 0.0400. The Hall–Kier alpha value is -3.81. The molecule has 33 heavy (non-hydrogen) atoms. The lowest BCUT2D eigenvalue weighted by atomic mass is 9.96. The van der Waals surface area contributed by atoms with Crippen molar-refractivity contribution in [2.45, 2.75) is 0 Å². The molecule has 0 amide bonds. The summed E-state index contributed by atoms with van der Waals surface area (Å²) in [7, 11) is 1.35. The summed E-state index contributed by atoms with van der Waals surface area (Å²) in [4.78, 5) is 0. The van der Waals surface area contributed by atoms with Gasteiger partial charge in [0.15, 0.2) is 0 Å². The lowest BCUT2D eigenvalue weighted by Gasteiger charge is -2.12. The quantitative estimate of drug-likeness (QED) is 0.278. The number of hydrogen-bond acceptors (Lipinski definition) is 1. The summed E-state index contributed by atoms with van der Waals surface area (Å²) in [5, 5.41) is -0.284. The summed E-state index contributed by atoms with van der Waals surface area (Å²) >= 11 is 0. The molecule has 1 nitrogen and oxygen atoms in total. The third-order valence-corrected chi connectivity index (χ3v) is 5.14. The maximum atomic E-state index is 14.9. The summed E-state index contributed by atoms with van der Waals surface area (Å²) < 4.78 is 103. The molecule has 0 atom stereocenters. The molecule has 168 valence electrons. The Kier molecular flexibility index (Phi) is 5.84. The van der Waals surface area contributed by atoms with Crippen molar-refractivity contribution in [1.82, 2.24) is 0 Å². The molecule has 0 aliphatic rings. The van der Waals surface area contributed by atoms with Gasteiger partial charge in [0, 0.05) is 23.1 Å². The Morgan fingerprint density at radius 2 is 1.42 bits per heavy atom. The number of fused-ring (bicyclic) bond motifs is 1. The van der Waals surface area contributed by atoms with Crippen molar-refractivity contribution in [1.29, 1.82) is 0 Å². The molecule has 4 rings (SSSR count). The minimum Gasteiger partial charge on any atom is -0.497 e. The molecule has 0 unspecified atom stereocenters. The molecule has 0 aromatic heterocycles. The molecular weight excluding hydrogens is 449 g/mol. The molecular formula is C25H13F7O. The molecule has 0 heterocycles. The largest absolute Gasteiger partial charge is 0.497 e. The monoisotopic (exact) mass is 462 g/mol. The number of methoxy groups -OCH3 is 1. The lowest BCUT2D eigenvalue weighted by Crippen LogP contribution is -1.96. The number of rotatable bonds is 4. The third kappa shape index (κ3) is 4.16. The van der Waals surface area contributed by atoms with Gasteiger partial charge in [-0.1, -0.05) is 12.1 Å². The van der Waals surface area contributed by atoms with Gasteiger partial charge in [-0.05, 0) is 52.9 Å². The third-order valence-electron chi connectivity index (χ3n) is 5.14. The summed E-state index contributed by atoms with van der Waals surface area (Å²) in [6.07, 6.45) is -2.21. The van der Waals surface area contributed by atoms with Gasteiger partial charge in [0.25, 0.3) is 6.08 Å². The minimum absolute atomic E-state index is 0.0435. The van der Waals surface area contributed by atoms with Gasteiger partial charge in [0.05, 0.1) is 18.2 Å². The Labute approximate surface area is 183 Å². The van der Waals surface area contributed by atoms with Crippen LogP contribution in [0.5, 0.6) is 5.75 Å². The second-order valence-electron chi connectivity index (χ2n) is 7.12. The van der Waals surface area contributed by atoms with E-state index in [1.807, 2.05) is 0 Å². The molecule has 0 radical (unpaired) electrons. The first-order valence-electron chi connectivity index (χ1n) is 9.47. The Morgan fingerprint density at radius 3 is 2.03 bits per heavy atom. The summed E-state index contributed by atoms with van der Waals surface area (Å²) in [6, 6.07) is 9.93. The van der Waals surface area contributed by atoms with Crippen molar-refractivity contribution in [3.05, 3.63) is 95.3 Å². The number of hydrogen-bond donors (Lipinski definition) is 0. The Bertz CT molecular complexity index is 1400. The highest BCUT2D eigenvalue weighted by Crippen LogP contribution is 2.35. The zero-order chi connectivity index (χ0) is 23.9. The van der Waals surface area contributed by atoms with Crippen LogP contribution in [0.2, 0.25) is 0 Å². The highest BCUT2D eigenvalue weighted by atomic mass is 19.3. The topological polar surface area (TPSA) is 9.23 Å². The average Bonchev–Trinajstić information content (AvgIpc) is 2.75. The molecule has 0 fully saturated rings. The second-order valence-corrected chi connectivity index (χ2v) is 7.12. The fourth-order valence-corrected chi connectivity index (χ4v) is 3.60. The van der Waals surface area contributed by atoms with E-state index in [0.717, 1.165) is 36.4 Å². The molecule has 4 aromatic carbocycles. The van der Waals surface area contributed by atoms with Crippen LogP contribution < -0.4 is 4.74 Å². The molecule has 0 aliphatic carbocycles. The number of ether oxygens (including phenoxy) is 1. The molecule has 0 saturated carbocycles. The smallest absolute Gasteiger partial charge is 0.271 e. The lowest BCUT2D eigenvalue weighted by molar-refractivity contribution is 0.411. The predicted octanol–water partition coefficient (Wildman–Crippen LogP) is 8.12. The van der Waals surface area contributed by atoms with Crippen molar-refractivity contribution >= 4 is 16.8 Å². The van der Waals surface area contributed by atoms with Crippen LogP contribution in [0, 0.1) is 29.1 Å². The van der Waals surface area contributed by atoms with E-state index in [9.17, 15) is 30.7 Å². The van der Waals surface area contributed by atoms with E-state index in [1.165, 1.54) is 25.3 Å². The minimum atomic E-state index is -2.28. The Morgan fingerprint density at radius 1 is 0.727 bits per heavy atom. The van der Waals surface area contributed by atoms with Crippen LogP contribution in [0.1, 0.15) is 5.56 Å². The fourth-order valence-electron chi connectivity index (χ4n) is 3.60. The zero-order valence-electron chi connectivity index (χ0n) is 16.8. The molecule has 0 aliphatic heterocycles. The first kappa shape index (κ1) is 22.4. The van der Waals surface area contributed by atoms with Crippen molar-refractivity contribution in [2.24, 2.45) is 0 Å². The van der Waals surface area contributed by atoms with Crippen LogP contribution in [0.4, 0.5) is 30.7 Å². The van der Waals surface area contributed by atoms with Crippen LogP contribution in [0.25, 0.3) is 39.1 Å². The van der Waals surface area contributed by atoms with E-state index in [0.29, 0.717) is 0 Å². The van der Waals surface area contributed by atoms with Gasteiger partial charge in [-0.15, -0.1) is 0 Å². The highest BCUT2D eigenvalue weighted by Gasteiger charge is 2.19. The zero-order valence-corrected chi connectivity index (χ0v) is 16.8. The van der Waals surface area contributed by atoms with Gasteiger partial charge < -0.3 is 4.74 Å². The maximum Gasteiger partial charge on any atom is 0.271 e. The van der Waals surface area contributed by atoms with E-state index in [4.69, 9.17) is 4.74 Å². The second kappa shape index (κ2) is 8.61. The standard InChI is InChI=1S/C25H13F7O/c1-33-15-3-5-16(20(27)10-15)14-8-21(28)24(22(29)9-14)12-2-4-17-13(6-12)7-19(26)18(25(17)32)11-23(30)31/h2-11H,1H3. The molecule has 0 saturated heterocycles. The molecule has 4 aromatic rings. The van der Waals surface area contributed by atoms with Crippen LogP contribution >= 0.6 is 0 Å². The molecule has 0 spiro atoms. The number of benzene rings is 4. The van der Waals surface area contributed by atoms with E-state index in [1.54, 1.807) is 0 Å². The van der Waals surface area contributed by atoms with Gasteiger partial charge in [0.2, 0.25) is 0 Å². The van der Waals surface area contributed by atoms with Crippen LogP contribution in [0.15, 0.2) is 60.7 Å². The molecule has 0 N–H and O–H groups in total. The normalized spacial score (nSPS) is 11.0. The average molecular weight is 462 g/mol. The highest BCUT2D eigenvalue weighted by molar-refractivity contribution is 5.90. The van der Waals surface area contributed by atoms with Crippen molar-refractivity contribution in [3.63, 3.8) is 0 Å². The van der Waals surface area contributed by atoms with Crippen LogP contribution in [-0.4, -0.2) is 7.11 Å². The summed E-state index contributed by atoms with van der Waals surface area (Å²) in [5.74, 6) is -5.05. The summed E-state index contributed by atoms with van der Waals surface area (Å²) in [5.41, 5.74) is -1.56. The first-order chi connectivity index (χ1) is 15.7. The number of halogens is 7. The van der Waals surface area contributed by atoms with E-state index < -0.39 is 46.3 Å². The SMILES string of the molecule is COc1ccc(-c2cc(F)c(-c3ccc4c(F)c(C=C(F)F)c(F)cc4c3)c(F)c2)c(F)c1.